The Balaban J connectivity index is 0.000000213. The molecule has 7 aromatic rings. The molecule has 0 radical (unpaired) electrons. The number of hydrogen-bond donors (Lipinski definition) is 6. The Morgan fingerprint density at radius 3 is 1.49 bits per heavy atom. The minimum absolute atomic E-state index is 0.0216. The van der Waals surface area contributed by atoms with E-state index >= 15 is 0 Å². The number of rotatable bonds is 23. The second kappa shape index (κ2) is 31.1. The Bertz CT molecular complexity index is 3000. The maximum absolute atomic E-state index is 13.8. The zero-order valence-corrected chi connectivity index (χ0v) is 46.1. The fraction of sp³-hybridized carbons (Fsp3) is 0.313. The topological polar surface area (TPSA) is 184 Å². The predicted octanol–water partition coefficient (Wildman–Crippen LogP) is 8.55. The van der Waals surface area contributed by atoms with Crippen molar-refractivity contribution in [3.8, 4) is 5.75 Å². The van der Waals surface area contributed by atoms with Crippen molar-refractivity contribution in [2.24, 2.45) is 11.5 Å². The first kappa shape index (κ1) is 59.1. The quantitative estimate of drug-likeness (QED) is 0.0342. The minimum atomic E-state index is -0.374. The standard InChI is InChI=1S/C36H40N4O2.C31H37FN4O3/c37-22-9-16-34-36(42)40(26-33(29-11-3-1-4-12-29)30-13-5-2-6-14-30)23-21-32(39-34)25-38-35(41)20-18-27-17-19-28-10-7-8-15-31(28)24-27;32-25-13-15-27(16-14-25)39-22-30(37)34-20-26-17-19-36(31(38)29(35-26)12-7-18-33)21-28(23-8-3-1-4-9-23)24-10-5-2-6-11-24/h1-8,10-15,17-20,24,32-34,39H,9,16,21-23,25-26,37H2,(H,38,41);1-6,8-11,13-16,26,28-29,35H,7,12,17-22,33H2,(H,34,37)/b20-18+;/t32-,34-;26-,29-/m00/s1. The summed E-state index contributed by atoms with van der Waals surface area (Å²) < 4.78 is 18.5. The molecule has 4 amide bonds. The lowest BCUT2D eigenvalue weighted by Gasteiger charge is -2.29. The van der Waals surface area contributed by atoms with E-state index in [4.69, 9.17) is 16.2 Å². The van der Waals surface area contributed by atoms with E-state index in [0.29, 0.717) is 77.4 Å². The number of nitrogens with one attached hydrogen (secondary N) is 4. The Hall–Kier alpha value is -8.01. The van der Waals surface area contributed by atoms with Crippen LogP contribution in [-0.2, 0) is 19.2 Å². The smallest absolute Gasteiger partial charge is 0.257 e. The van der Waals surface area contributed by atoms with E-state index < -0.39 is 0 Å². The van der Waals surface area contributed by atoms with Crippen LogP contribution < -0.4 is 37.5 Å². The molecule has 2 aliphatic heterocycles. The maximum Gasteiger partial charge on any atom is 0.257 e. The summed E-state index contributed by atoms with van der Waals surface area (Å²) in [5, 5.41) is 15.3. The third-order valence-corrected chi connectivity index (χ3v) is 15.0. The Morgan fingerprint density at radius 1 is 0.580 bits per heavy atom. The molecule has 2 aliphatic rings. The van der Waals surface area contributed by atoms with Crippen molar-refractivity contribution >= 4 is 40.5 Å². The van der Waals surface area contributed by atoms with Crippen molar-refractivity contribution in [2.75, 3.05) is 59.0 Å². The van der Waals surface area contributed by atoms with Gasteiger partial charge < -0.3 is 47.3 Å². The first-order chi connectivity index (χ1) is 39.6. The molecule has 0 spiro atoms. The number of amides is 4. The molecule has 14 heteroatoms. The fourth-order valence-corrected chi connectivity index (χ4v) is 10.6. The summed E-state index contributed by atoms with van der Waals surface area (Å²) >= 11 is 0. The van der Waals surface area contributed by atoms with Crippen molar-refractivity contribution in [1.82, 2.24) is 31.1 Å². The molecule has 0 unspecified atom stereocenters. The van der Waals surface area contributed by atoms with Crippen LogP contribution in [0.2, 0.25) is 0 Å². The number of benzene rings is 7. The van der Waals surface area contributed by atoms with Crippen LogP contribution in [0.1, 0.15) is 78.2 Å². The summed E-state index contributed by atoms with van der Waals surface area (Å²) in [4.78, 5) is 56.6. The zero-order chi connectivity index (χ0) is 56.6. The van der Waals surface area contributed by atoms with Gasteiger partial charge in [0.05, 0.1) is 12.1 Å². The normalized spacial score (nSPS) is 17.6. The number of nitrogens with zero attached hydrogens (tertiary/aromatic N) is 2. The third-order valence-electron chi connectivity index (χ3n) is 15.0. The first-order valence-electron chi connectivity index (χ1n) is 28.4. The van der Waals surface area contributed by atoms with E-state index in [1.165, 1.54) is 40.8 Å². The lowest BCUT2D eigenvalue weighted by molar-refractivity contribution is -0.133. The van der Waals surface area contributed by atoms with Gasteiger partial charge in [-0.3, -0.25) is 19.2 Å². The van der Waals surface area contributed by atoms with Gasteiger partial charge in [0.15, 0.2) is 6.61 Å². The van der Waals surface area contributed by atoms with Gasteiger partial charge in [-0.1, -0.05) is 158 Å². The number of nitrogens with two attached hydrogens (primary N) is 2. The average molecular weight is 1090 g/mol. The highest BCUT2D eigenvalue weighted by Crippen LogP contribution is 2.29. The van der Waals surface area contributed by atoms with Crippen LogP contribution in [0.3, 0.4) is 0 Å². The summed E-state index contributed by atoms with van der Waals surface area (Å²) in [5.41, 5.74) is 17.3. The number of carbonyl (C=O) groups is 4. The van der Waals surface area contributed by atoms with E-state index in [0.717, 1.165) is 41.3 Å². The van der Waals surface area contributed by atoms with Gasteiger partial charge in [0.25, 0.3) is 5.91 Å². The van der Waals surface area contributed by atoms with E-state index in [9.17, 15) is 23.6 Å². The largest absolute Gasteiger partial charge is 0.484 e. The van der Waals surface area contributed by atoms with Gasteiger partial charge in [0.2, 0.25) is 17.7 Å². The van der Waals surface area contributed by atoms with Gasteiger partial charge in [-0.2, -0.15) is 0 Å². The molecule has 2 saturated heterocycles. The molecule has 4 atom stereocenters. The van der Waals surface area contributed by atoms with Crippen LogP contribution in [-0.4, -0.2) is 117 Å². The van der Waals surface area contributed by atoms with Crippen LogP contribution in [0.15, 0.2) is 194 Å². The molecule has 9 rings (SSSR count). The molecule has 0 bridgehead atoms. The monoisotopic (exact) mass is 1090 g/mol. The van der Waals surface area contributed by atoms with Gasteiger partial charge in [-0.05, 0) is 127 Å². The fourth-order valence-electron chi connectivity index (χ4n) is 10.6. The highest BCUT2D eigenvalue weighted by Gasteiger charge is 2.34. The summed E-state index contributed by atoms with van der Waals surface area (Å²) in [5.74, 6) is -0.0793. The van der Waals surface area contributed by atoms with Gasteiger partial charge in [0, 0.05) is 69.3 Å². The molecule has 422 valence electrons. The third kappa shape index (κ3) is 18.0. The van der Waals surface area contributed by atoms with Gasteiger partial charge >= 0.3 is 0 Å². The SMILES string of the molecule is NCCC[C@@H]1N[C@H](CNC(=O)/C=C/c2ccc3ccccc3c2)CCN(CC(c2ccccc2)c2ccccc2)C1=O.NCCC[C@@H]1N[C@H](CNC(=O)COc2ccc(F)cc2)CCN(CC(c2ccccc2)c2ccccc2)C1=O. The van der Waals surface area contributed by atoms with E-state index in [-0.39, 0.29) is 72.1 Å². The van der Waals surface area contributed by atoms with Crippen LogP contribution in [0, 0.1) is 5.82 Å². The highest BCUT2D eigenvalue weighted by atomic mass is 19.1. The molecule has 0 aliphatic carbocycles. The summed E-state index contributed by atoms with van der Waals surface area (Å²) in [6.45, 7) is 4.04. The number of hydrogen-bond acceptors (Lipinski definition) is 9. The van der Waals surface area contributed by atoms with Crippen molar-refractivity contribution in [3.05, 3.63) is 228 Å². The van der Waals surface area contributed by atoms with Crippen molar-refractivity contribution in [3.63, 3.8) is 0 Å². The van der Waals surface area contributed by atoms with Crippen molar-refractivity contribution in [2.45, 2.75) is 74.5 Å². The second-order valence-corrected chi connectivity index (χ2v) is 20.8. The maximum atomic E-state index is 13.8. The molecule has 8 N–H and O–H groups in total. The lowest BCUT2D eigenvalue weighted by Crippen LogP contribution is -2.49. The summed E-state index contributed by atoms with van der Waals surface area (Å²) in [7, 11) is 0. The lowest BCUT2D eigenvalue weighted by atomic mass is 9.90. The molecule has 0 saturated carbocycles. The first-order valence-corrected chi connectivity index (χ1v) is 28.4. The predicted molar refractivity (Wildman–Crippen MR) is 321 cm³/mol. The highest BCUT2D eigenvalue weighted by molar-refractivity contribution is 5.93. The van der Waals surface area contributed by atoms with E-state index in [1.54, 1.807) is 6.08 Å². The second-order valence-electron chi connectivity index (χ2n) is 20.8. The molecule has 2 heterocycles. The minimum Gasteiger partial charge on any atom is -0.484 e. The van der Waals surface area contributed by atoms with Crippen LogP contribution >= 0.6 is 0 Å². The van der Waals surface area contributed by atoms with Gasteiger partial charge in [-0.25, -0.2) is 4.39 Å². The number of ether oxygens (including phenoxy) is 1. The number of carbonyl (C=O) groups excluding carboxylic acids is 4. The molecule has 81 heavy (non-hydrogen) atoms. The van der Waals surface area contributed by atoms with E-state index in [1.807, 2.05) is 107 Å². The van der Waals surface area contributed by atoms with Gasteiger partial charge in [-0.15, -0.1) is 0 Å². The molecule has 0 aromatic heterocycles. The van der Waals surface area contributed by atoms with E-state index in [2.05, 4.69) is 94.1 Å². The van der Waals surface area contributed by atoms with Crippen LogP contribution in [0.4, 0.5) is 4.39 Å². The number of fused-ring (bicyclic) bond motifs is 1. The molecule has 2 fully saturated rings. The van der Waals surface area contributed by atoms with Crippen molar-refractivity contribution in [1.29, 1.82) is 0 Å². The molecular weight excluding hydrogens is 1020 g/mol. The zero-order valence-electron chi connectivity index (χ0n) is 46.1. The summed E-state index contributed by atoms with van der Waals surface area (Å²) in [6.07, 6.45) is 7.63. The molecule has 13 nitrogen and oxygen atoms in total. The van der Waals surface area contributed by atoms with Crippen molar-refractivity contribution < 1.29 is 28.3 Å². The van der Waals surface area contributed by atoms with Gasteiger partial charge in [0.1, 0.15) is 11.6 Å². The Kier molecular flexibility index (Phi) is 22.7. The molecular formula is C67H77FN8O5. The Morgan fingerprint density at radius 2 is 1.02 bits per heavy atom. The number of halogens is 1. The summed E-state index contributed by atoms with van der Waals surface area (Å²) in [6, 6.07) is 60.4. The average Bonchev–Trinajstić information content (AvgIpc) is 3.87. The molecule has 7 aromatic carbocycles. The van der Waals surface area contributed by atoms with Crippen LogP contribution in [0.25, 0.3) is 16.8 Å². The Labute approximate surface area is 476 Å². The van der Waals surface area contributed by atoms with Crippen LogP contribution in [0.5, 0.6) is 5.75 Å².